The van der Waals surface area contributed by atoms with Crippen LogP contribution in [0.1, 0.15) is 49.7 Å². The molecule has 1 N–H and O–H groups in total. The van der Waals surface area contributed by atoms with Gasteiger partial charge in [0.2, 0.25) is 0 Å². The average Bonchev–Trinajstić information content (AvgIpc) is 2.83. The molecule has 0 spiro atoms. The van der Waals surface area contributed by atoms with Gasteiger partial charge in [0.1, 0.15) is 0 Å². The summed E-state index contributed by atoms with van der Waals surface area (Å²) >= 11 is 0. The molecule has 1 aliphatic heterocycles. The predicted molar refractivity (Wildman–Crippen MR) is 72.7 cm³/mol. The topological polar surface area (TPSA) is 39.1 Å². The minimum absolute atomic E-state index is 0.0122. The van der Waals surface area contributed by atoms with Crippen LogP contribution >= 0.6 is 0 Å². The van der Waals surface area contributed by atoms with Crippen molar-refractivity contribution in [2.24, 2.45) is 7.05 Å². The van der Waals surface area contributed by atoms with Gasteiger partial charge < -0.3 is 10.1 Å². The number of rotatable bonds is 4. The Balaban J connectivity index is 2.01. The molecule has 0 aromatic carbocycles. The maximum Gasteiger partial charge on any atom is 0.0779 e. The van der Waals surface area contributed by atoms with Gasteiger partial charge in [-0.25, -0.2) is 0 Å². The Bertz CT molecular complexity index is 419. The van der Waals surface area contributed by atoms with E-state index in [1.807, 2.05) is 11.7 Å². The minimum Gasteiger partial charge on any atom is -0.374 e. The van der Waals surface area contributed by atoms with Crippen LogP contribution < -0.4 is 5.32 Å². The maximum atomic E-state index is 5.81. The van der Waals surface area contributed by atoms with Crippen molar-refractivity contribution in [1.29, 1.82) is 0 Å². The highest BCUT2D eigenvalue weighted by Gasteiger charge is 2.30. The molecule has 2 unspecified atom stereocenters. The molecule has 4 heteroatoms. The molecule has 1 saturated heterocycles. The second kappa shape index (κ2) is 5.02. The molecule has 1 aromatic rings. The van der Waals surface area contributed by atoms with Gasteiger partial charge in [0, 0.05) is 37.5 Å². The Morgan fingerprint density at radius 1 is 1.50 bits per heavy atom. The van der Waals surface area contributed by atoms with Gasteiger partial charge >= 0.3 is 0 Å². The van der Waals surface area contributed by atoms with Gasteiger partial charge in [0.05, 0.1) is 11.3 Å². The van der Waals surface area contributed by atoms with Gasteiger partial charge in [-0.15, -0.1) is 0 Å². The Morgan fingerprint density at radius 2 is 2.22 bits per heavy atom. The number of hydrogen-bond acceptors (Lipinski definition) is 3. The van der Waals surface area contributed by atoms with Crippen molar-refractivity contribution in [3.05, 3.63) is 17.0 Å². The van der Waals surface area contributed by atoms with Crippen LogP contribution in [-0.4, -0.2) is 28.5 Å². The van der Waals surface area contributed by atoms with Crippen molar-refractivity contribution < 1.29 is 4.74 Å². The summed E-state index contributed by atoms with van der Waals surface area (Å²) in [6.07, 6.45) is 2.33. The van der Waals surface area contributed by atoms with Gasteiger partial charge in [-0.2, -0.15) is 5.10 Å². The molecule has 0 saturated carbocycles. The first-order valence-electron chi connectivity index (χ1n) is 6.80. The zero-order valence-electron chi connectivity index (χ0n) is 12.2. The summed E-state index contributed by atoms with van der Waals surface area (Å²) in [5, 5.41) is 8.07. The number of nitrogens with one attached hydrogen (secondary N) is 1. The Morgan fingerprint density at radius 3 is 2.72 bits per heavy atom. The molecular weight excluding hydrogens is 226 g/mol. The highest BCUT2D eigenvalue weighted by Crippen LogP contribution is 2.26. The van der Waals surface area contributed by atoms with E-state index in [1.165, 1.54) is 17.7 Å². The van der Waals surface area contributed by atoms with E-state index < -0.39 is 0 Å². The molecule has 0 bridgehead atoms. The van der Waals surface area contributed by atoms with Crippen LogP contribution in [0.15, 0.2) is 0 Å². The minimum atomic E-state index is 0.0122. The third kappa shape index (κ3) is 2.59. The SMILES string of the molecule is Cc1nn(C)c(C)c1C(C)NCC1(C)CCCO1. The number of nitrogens with zero attached hydrogens (tertiary/aromatic N) is 2. The van der Waals surface area contributed by atoms with Gasteiger partial charge in [0.15, 0.2) is 0 Å². The summed E-state index contributed by atoms with van der Waals surface area (Å²) in [5.74, 6) is 0. The zero-order valence-corrected chi connectivity index (χ0v) is 12.2. The summed E-state index contributed by atoms with van der Waals surface area (Å²) in [7, 11) is 2.00. The van der Waals surface area contributed by atoms with E-state index in [0.29, 0.717) is 6.04 Å². The lowest BCUT2D eigenvalue weighted by atomic mass is 10.0. The van der Waals surface area contributed by atoms with E-state index in [-0.39, 0.29) is 5.60 Å². The van der Waals surface area contributed by atoms with E-state index in [4.69, 9.17) is 4.74 Å². The van der Waals surface area contributed by atoms with Crippen LogP contribution in [0.5, 0.6) is 0 Å². The van der Waals surface area contributed by atoms with E-state index in [0.717, 1.165) is 25.3 Å². The van der Waals surface area contributed by atoms with Crippen molar-refractivity contribution in [3.63, 3.8) is 0 Å². The first-order valence-corrected chi connectivity index (χ1v) is 6.80. The lowest BCUT2D eigenvalue weighted by Crippen LogP contribution is -2.38. The zero-order chi connectivity index (χ0) is 13.3. The summed E-state index contributed by atoms with van der Waals surface area (Å²) in [6, 6.07) is 0.319. The van der Waals surface area contributed by atoms with Crippen molar-refractivity contribution in [3.8, 4) is 0 Å². The Hall–Kier alpha value is -0.870. The first-order chi connectivity index (χ1) is 8.43. The van der Waals surface area contributed by atoms with Crippen LogP contribution in [0, 0.1) is 13.8 Å². The Labute approximate surface area is 110 Å². The second-order valence-electron chi connectivity index (χ2n) is 5.71. The monoisotopic (exact) mass is 251 g/mol. The molecule has 1 fully saturated rings. The lowest BCUT2D eigenvalue weighted by molar-refractivity contribution is 0.0191. The van der Waals surface area contributed by atoms with E-state index in [2.05, 4.69) is 38.1 Å². The van der Waals surface area contributed by atoms with E-state index in [9.17, 15) is 0 Å². The van der Waals surface area contributed by atoms with Gasteiger partial charge in [0.25, 0.3) is 0 Å². The molecule has 18 heavy (non-hydrogen) atoms. The van der Waals surface area contributed by atoms with Crippen LogP contribution in [0.25, 0.3) is 0 Å². The molecule has 1 aromatic heterocycles. The molecular formula is C14H25N3O. The molecule has 2 rings (SSSR count). The van der Waals surface area contributed by atoms with Crippen LogP contribution in [0.4, 0.5) is 0 Å². The van der Waals surface area contributed by atoms with Crippen LogP contribution in [-0.2, 0) is 11.8 Å². The first kappa shape index (κ1) is 13.6. The summed E-state index contributed by atoms with van der Waals surface area (Å²) in [5.41, 5.74) is 3.69. The molecule has 2 heterocycles. The predicted octanol–water partition coefficient (Wildman–Crippen LogP) is 2.26. The largest absolute Gasteiger partial charge is 0.374 e. The number of ether oxygens (including phenoxy) is 1. The standard InChI is InChI=1S/C14H25N3O/c1-10(13-11(2)16-17(5)12(13)3)15-9-14(4)7-6-8-18-14/h10,15H,6-9H2,1-5H3. The lowest BCUT2D eigenvalue weighted by Gasteiger charge is -2.26. The third-order valence-corrected chi connectivity index (χ3v) is 4.08. The fourth-order valence-electron chi connectivity index (χ4n) is 2.86. The third-order valence-electron chi connectivity index (χ3n) is 4.08. The number of aryl methyl sites for hydroxylation is 2. The van der Waals surface area contributed by atoms with Crippen LogP contribution in [0.3, 0.4) is 0 Å². The molecule has 102 valence electrons. The molecule has 0 radical (unpaired) electrons. The molecule has 0 amide bonds. The maximum absolute atomic E-state index is 5.81. The van der Waals surface area contributed by atoms with Crippen molar-refractivity contribution >= 4 is 0 Å². The highest BCUT2D eigenvalue weighted by molar-refractivity contribution is 5.27. The molecule has 1 aliphatic rings. The van der Waals surface area contributed by atoms with Crippen molar-refractivity contribution in [1.82, 2.24) is 15.1 Å². The highest BCUT2D eigenvalue weighted by atomic mass is 16.5. The fourth-order valence-corrected chi connectivity index (χ4v) is 2.86. The number of hydrogen-bond donors (Lipinski definition) is 1. The summed E-state index contributed by atoms with van der Waals surface area (Å²) in [6.45, 7) is 10.4. The van der Waals surface area contributed by atoms with E-state index in [1.54, 1.807) is 0 Å². The van der Waals surface area contributed by atoms with Gasteiger partial charge in [-0.3, -0.25) is 4.68 Å². The van der Waals surface area contributed by atoms with Crippen molar-refractivity contribution in [2.45, 2.75) is 52.2 Å². The van der Waals surface area contributed by atoms with Gasteiger partial charge in [-0.05, 0) is 40.5 Å². The summed E-state index contributed by atoms with van der Waals surface area (Å²) in [4.78, 5) is 0. The Kier molecular flexibility index (Phi) is 3.78. The number of aromatic nitrogens is 2. The van der Waals surface area contributed by atoms with Crippen molar-refractivity contribution in [2.75, 3.05) is 13.2 Å². The van der Waals surface area contributed by atoms with E-state index >= 15 is 0 Å². The van der Waals surface area contributed by atoms with Gasteiger partial charge in [-0.1, -0.05) is 0 Å². The smallest absolute Gasteiger partial charge is 0.0779 e. The van der Waals surface area contributed by atoms with Crippen LogP contribution in [0.2, 0.25) is 0 Å². The molecule has 2 atom stereocenters. The fraction of sp³-hybridized carbons (Fsp3) is 0.786. The average molecular weight is 251 g/mol. The second-order valence-corrected chi connectivity index (χ2v) is 5.71. The molecule has 0 aliphatic carbocycles. The quantitative estimate of drug-likeness (QED) is 0.892. The normalized spacial score (nSPS) is 25.6. The molecule has 4 nitrogen and oxygen atoms in total. The summed E-state index contributed by atoms with van der Waals surface area (Å²) < 4.78 is 7.76.